The van der Waals surface area contributed by atoms with Gasteiger partial charge in [-0.05, 0) is 30.3 Å². The van der Waals surface area contributed by atoms with Crippen molar-refractivity contribution in [1.82, 2.24) is 15.2 Å². The van der Waals surface area contributed by atoms with Crippen molar-refractivity contribution in [1.29, 1.82) is 0 Å². The first-order valence-electron chi connectivity index (χ1n) is 7.95. The lowest BCUT2D eigenvalue weighted by atomic mass is 10.2. The van der Waals surface area contributed by atoms with Gasteiger partial charge < -0.3 is 15.4 Å². The van der Waals surface area contributed by atoms with Gasteiger partial charge in [-0.2, -0.15) is 23.3 Å². The molecule has 140 valence electrons. The second kappa shape index (κ2) is 7.90. The third-order valence-corrected chi connectivity index (χ3v) is 3.67. The van der Waals surface area contributed by atoms with E-state index in [0.29, 0.717) is 18.1 Å². The van der Waals surface area contributed by atoms with Crippen LogP contribution in [0.3, 0.4) is 0 Å². The van der Waals surface area contributed by atoms with Crippen LogP contribution in [0.4, 0.5) is 30.6 Å². The van der Waals surface area contributed by atoms with Gasteiger partial charge in [-0.15, -0.1) is 5.10 Å². The molecule has 0 atom stereocenters. The molecule has 3 aromatic rings. The maximum atomic E-state index is 12.6. The van der Waals surface area contributed by atoms with Gasteiger partial charge >= 0.3 is 6.18 Å². The number of alkyl halides is 3. The summed E-state index contributed by atoms with van der Waals surface area (Å²) in [5.41, 5.74) is 0.664. The number of rotatable bonds is 6. The van der Waals surface area contributed by atoms with E-state index in [-0.39, 0.29) is 5.95 Å². The van der Waals surface area contributed by atoms with Crippen molar-refractivity contribution in [3.05, 3.63) is 65.9 Å². The van der Waals surface area contributed by atoms with Crippen molar-refractivity contribution >= 4 is 17.5 Å². The van der Waals surface area contributed by atoms with Crippen LogP contribution in [0.25, 0.3) is 0 Å². The highest BCUT2D eigenvalue weighted by Crippen LogP contribution is 2.30. The minimum Gasteiger partial charge on any atom is -0.496 e. The smallest absolute Gasteiger partial charge is 0.416 e. The van der Waals surface area contributed by atoms with Crippen LogP contribution in [0.1, 0.15) is 11.1 Å². The van der Waals surface area contributed by atoms with Crippen molar-refractivity contribution in [3.8, 4) is 5.75 Å². The van der Waals surface area contributed by atoms with Crippen LogP contribution >= 0.6 is 0 Å². The van der Waals surface area contributed by atoms with Gasteiger partial charge in [-0.1, -0.05) is 18.2 Å². The number of aromatic nitrogens is 3. The highest BCUT2D eigenvalue weighted by Gasteiger charge is 2.29. The molecule has 3 rings (SSSR count). The fourth-order valence-corrected chi connectivity index (χ4v) is 2.35. The number of para-hydroxylation sites is 1. The third-order valence-electron chi connectivity index (χ3n) is 3.67. The zero-order chi connectivity index (χ0) is 19.3. The second-order valence-corrected chi connectivity index (χ2v) is 5.53. The average molecular weight is 375 g/mol. The zero-order valence-electron chi connectivity index (χ0n) is 14.3. The van der Waals surface area contributed by atoms with E-state index in [2.05, 4.69) is 25.8 Å². The molecule has 6 nitrogen and oxygen atoms in total. The van der Waals surface area contributed by atoms with Crippen molar-refractivity contribution in [2.24, 2.45) is 0 Å². The van der Waals surface area contributed by atoms with Crippen molar-refractivity contribution in [3.63, 3.8) is 0 Å². The molecule has 9 heteroatoms. The summed E-state index contributed by atoms with van der Waals surface area (Å²) in [7, 11) is 1.59. The Morgan fingerprint density at radius 1 is 1.04 bits per heavy atom. The number of nitrogens with one attached hydrogen (secondary N) is 2. The Morgan fingerprint density at radius 2 is 1.78 bits per heavy atom. The van der Waals surface area contributed by atoms with Gasteiger partial charge in [0.1, 0.15) is 5.75 Å². The molecule has 0 aliphatic heterocycles. The monoisotopic (exact) mass is 375 g/mol. The molecule has 1 heterocycles. The van der Waals surface area contributed by atoms with Crippen molar-refractivity contribution in [2.75, 3.05) is 17.7 Å². The number of benzene rings is 2. The average Bonchev–Trinajstić information content (AvgIpc) is 2.66. The number of hydrogen-bond acceptors (Lipinski definition) is 6. The third kappa shape index (κ3) is 4.84. The molecule has 1 aromatic heterocycles. The molecule has 0 unspecified atom stereocenters. The SMILES string of the molecule is COc1ccccc1CNc1nncc(Nc2ccc(C(F)(F)F)cc2)n1. The molecule has 0 spiro atoms. The Morgan fingerprint density at radius 3 is 2.48 bits per heavy atom. The van der Waals surface area contributed by atoms with Crippen LogP contribution in [-0.2, 0) is 12.7 Å². The number of ether oxygens (including phenoxy) is 1. The first-order chi connectivity index (χ1) is 13.0. The molecule has 0 aliphatic carbocycles. The van der Waals surface area contributed by atoms with E-state index in [1.54, 1.807) is 7.11 Å². The summed E-state index contributed by atoms with van der Waals surface area (Å²) in [6.45, 7) is 0.426. The molecule has 0 amide bonds. The van der Waals surface area contributed by atoms with Gasteiger partial charge in [0.25, 0.3) is 0 Å². The van der Waals surface area contributed by atoms with Crippen molar-refractivity contribution < 1.29 is 17.9 Å². The highest BCUT2D eigenvalue weighted by molar-refractivity contribution is 5.56. The van der Waals surface area contributed by atoms with E-state index in [0.717, 1.165) is 23.4 Å². The van der Waals surface area contributed by atoms with Crippen LogP contribution in [0, 0.1) is 0 Å². The molecule has 0 saturated carbocycles. The summed E-state index contributed by atoms with van der Waals surface area (Å²) in [6.07, 6.45) is -2.99. The summed E-state index contributed by atoms with van der Waals surface area (Å²) in [4.78, 5) is 4.25. The normalized spacial score (nSPS) is 11.1. The quantitative estimate of drug-likeness (QED) is 0.671. The second-order valence-electron chi connectivity index (χ2n) is 5.53. The Balaban J connectivity index is 1.67. The van der Waals surface area contributed by atoms with E-state index < -0.39 is 11.7 Å². The van der Waals surface area contributed by atoms with Gasteiger partial charge in [0.05, 0.1) is 18.9 Å². The van der Waals surface area contributed by atoms with E-state index in [9.17, 15) is 13.2 Å². The molecule has 2 aromatic carbocycles. The number of anilines is 3. The van der Waals surface area contributed by atoms with E-state index in [1.807, 2.05) is 24.3 Å². The Kier molecular flexibility index (Phi) is 5.39. The first kappa shape index (κ1) is 18.4. The summed E-state index contributed by atoms with van der Waals surface area (Å²) in [5, 5.41) is 13.7. The molecule has 0 bridgehead atoms. The summed E-state index contributed by atoms with van der Waals surface area (Å²) in [5.74, 6) is 1.36. The standard InChI is InChI=1S/C18H16F3N5O/c1-27-15-5-3-2-4-12(15)10-22-17-25-16(11-23-26-17)24-14-8-6-13(7-9-14)18(19,20)21/h2-9,11H,10H2,1H3,(H2,22,24,25,26). The van der Waals surface area contributed by atoms with Crippen LogP contribution in [0.15, 0.2) is 54.7 Å². The van der Waals surface area contributed by atoms with Gasteiger partial charge in [-0.25, -0.2) is 0 Å². The molecular weight excluding hydrogens is 359 g/mol. The maximum absolute atomic E-state index is 12.6. The number of hydrogen-bond donors (Lipinski definition) is 2. The lowest BCUT2D eigenvalue weighted by Gasteiger charge is -2.11. The summed E-state index contributed by atoms with van der Waals surface area (Å²) >= 11 is 0. The predicted octanol–water partition coefficient (Wildman–Crippen LogP) is 4.25. The number of methoxy groups -OCH3 is 1. The topological polar surface area (TPSA) is 72.0 Å². The van der Waals surface area contributed by atoms with Gasteiger partial charge in [0.15, 0.2) is 5.82 Å². The van der Waals surface area contributed by atoms with Crippen LogP contribution in [-0.4, -0.2) is 22.3 Å². The molecule has 27 heavy (non-hydrogen) atoms. The molecule has 2 N–H and O–H groups in total. The van der Waals surface area contributed by atoms with Gasteiger partial charge in [0, 0.05) is 17.8 Å². The molecule has 0 aliphatic rings. The van der Waals surface area contributed by atoms with E-state index in [1.165, 1.54) is 18.3 Å². The number of halogens is 3. The summed E-state index contributed by atoms with van der Waals surface area (Å²) in [6, 6.07) is 12.2. The largest absolute Gasteiger partial charge is 0.496 e. The number of nitrogens with zero attached hydrogens (tertiary/aromatic N) is 3. The lowest BCUT2D eigenvalue weighted by Crippen LogP contribution is -2.07. The Hall–Kier alpha value is -3.36. The van der Waals surface area contributed by atoms with Crippen molar-refractivity contribution in [2.45, 2.75) is 12.7 Å². The molecular formula is C18H16F3N5O. The Labute approximate surface area is 153 Å². The minimum atomic E-state index is -4.37. The van der Waals surface area contributed by atoms with Gasteiger partial charge in [-0.3, -0.25) is 0 Å². The van der Waals surface area contributed by atoms with Crippen LogP contribution in [0.5, 0.6) is 5.75 Å². The first-order valence-corrected chi connectivity index (χ1v) is 7.95. The van der Waals surface area contributed by atoms with E-state index in [4.69, 9.17) is 4.74 Å². The fourth-order valence-electron chi connectivity index (χ4n) is 2.35. The van der Waals surface area contributed by atoms with Gasteiger partial charge in [0.2, 0.25) is 5.95 Å². The molecule has 0 radical (unpaired) electrons. The molecule has 0 fully saturated rings. The maximum Gasteiger partial charge on any atom is 0.416 e. The highest BCUT2D eigenvalue weighted by atomic mass is 19.4. The fraction of sp³-hybridized carbons (Fsp3) is 0.167. The zero-order valence-corrected chi connectivity index (χ0v) is 14.3. The molecule has 0 saturated heterocycles. The predicted molar refractivity (Wildman–Crippen MR) is 94.9 cm³/mol. The lowest BCUT2D eigenvalue weighted by molar-refractivity contribution is -0.137. The summed E-state index contributed by atoms with van der Waals surface area (Å²) < 4.78 is 43.1. The van der Waals surface area contributed by atoms with Crippen LogP contribution in [0.2, 0.25) is 0 Å². The van der Waals surface area contributed by atoms with E-state index >= 15 is 0 Å². The van der Waals surface area contributed by atoms with Crippen LogP contribution < -0.4 is 15.4 Å². The minimum absolute atomic E-state index is 0.276. The Bertz CT molecular complexity index is 900.